The Balaban J connectivity index is 2.90. The molecule has 0 aliphatic heterocycles. The average Bonchev–Trinajstić information content (AvgIpc) is 2.28. The van der Waals surface area contributed by atoms with Gasteiger partial charge in [-0.05, 0) is 32.8 Å². The second-order valence-electron chi connectivity index (χ2n) is 5.81. The summed E-state index contributed by atoms with van der Waals surface area (Å²) in [5, 5.41) is 0. The van der Waals surface area contributed by atoms with Crippen molar-refractivity contribution in [2.75, 3.05) is 0 Å². The van der Waals surface area contributed by atoms with Gasteiger partial charge in [-0.15, -0.1) is 6.58 Å². The third-order valence-corrected chi connectivity index (χ3v) is 2.68. The van der Waals surface area contributed by atoms with E-state index in [1.807, 2.05) is 51.1 Å². The number of hydrogen-bond donors (Lipinski definition) is 1. The highest BCUT2D eigenvalue weighted by Crippen LogP contribution is 2.20. The fourth-order valence-corrected chi connectivity index (χ4v) is 1.83. The van der Waals surface area contributed by atoms with E-state index in [4.69, 9.17) is 10.5 Å². The second-order valence-corrected chi connectivity index (χ2v) is 5.81. The molecule has 1 aromatic rings. The van der Waals surface area contributed by atoms with E-state index in [-0.39, 0.29) is 5.97 Å². The normalized spacial score (nSPS) is 14.5. The predicted molar refractivity (Wildman–Crippen MR) is 77.7 cm³/mol. The van der Waals surface area contributed by atoms with Gasteiger partial charge in [0.1, 0.15) is 11.1 Å². The van der Waals surface area contributed by atoms with Crippen LogP contribution in [-0.2, 0) is 16.0 Å². The molecule has 0 spiro atoms. The molecule has 1 aromatic carbocycles. The van der Waals surface area contributed by atoms with Gasteiger partial charge in [0.25, 0.3) is 0 Å². The molecule has 0 aliphatic rings. The Hall–Kier alpha value is -1.61. The highest BCUT2D eigenvalue weighted by molar-refractivity contribution is 5.81. The van der Waals surface area contributed by atoms with Crippen LogP contribution in [0.2, 0.25) is 0 Å². The summed E-state index contributed by atoms with van der Waals surface area (Å²) in [6.07, 6.45) is 2.48. The quantitative estimate of drug-likeness (QED) is 0.655. The summed E-state index contributed by atoms with van der Waals surface area (Å²) in [5.41, 5.74) is 5.66. The highest BCUT2D eigenvalue weighted by atomic mass is 16.6. The zero-order valence-corrected chi connectivity index (χ0v) is 12.0. The van der Waals surface area contributed by atoms with Gasteiger partial charge >= 0.3 is 5.97 Å². The number of carbonyl (C=O) groups excluding carboxylic acids is 1. The van der Waals surface area contributed by atoms with Crippen LogP contribution in [0, 0.1) is 0 Å². The van der Waals surface area contributed by atoms with Crippen LogP contribution >= 0.6 is 0 Å². The first-order valence-electron chi connectivity index (χ1n) is 6.44. The van der Waals surface area contributed by atoms with Gasteiger partial charge in [-0.3, -0.25) is 4.79 Å². The molecular formula is C16H23NO2. The lowest BCUT2D eigenvalue weighted by atomic mass is 9.88. The minimum absolute atomic E-state index is 0.385. The number of hydrogen-bond acceptors (Lipinski definition) is 3. The number of rotatable bonds is 5. The Bertz CT molecular complexity index is 434. The molecule has 0 amide bonds. The first-order chi connectivity index (χ1) is 8.77. The first kappa shape index (κ1) is 15.4. The lowest BCUT2D eigenvalue weighted by Gasteiger charge is -2.30. The standard InChI is InChI=1S/C16H23NO2/c1-5-11-16(17,14(18)19-15(2,3)4)12-13-9-7-6-8-10-13/h5-10H,1,11-12,17H2,2-4H3/t16-/m0/s1. The van der Waals surface area contributed by atoms with Gasteiger partial charge in [-0.1, -0.05) is 36.4 Å². The van der Waals surface area contributed by atoms with Gasteiger partial charge in [-0.25, -0.2) is 0 Å². The summed E-state index contributed by atoms with van der Waals surface area (Å²) in [4.78, 5) is 12.3. The van der Waals surface area contributed by atoms with E-state index in [0.717, 1.165) is 5.56 Å². The Morgan fingerprint density at radius 1 is 1.32 bits per heavy atom. The maximum absolute atomic E-state index is 12.3. The van der Waals surface area contributed by atoms with Crippen LogP contribution in [0.5, 0.6) is 0 Å². The Morgan fingerprint density at radius 2 is 1.89 bits per heavy atom. The number of nitrogens with two attached hydrogens (primary N) is 1. The summed E-state index contributed by atoms with van der Waals surface area (Å²) in [6, 6.07) is 9.70. The number of ether oxygens (including phenoxy) is 1. The van der Waals surface area contributed by atoms with Crippen molar-refractivity contribution in [3.63, 3.8) is 0 Å². The molecule has 0 aliphatic carbocycles. The molecule has 0 fully saturated rings. The van der Waals surface area contributed by atoms with E-state index in [0.29, 0.717) is 12.8 Å². The molecule has 0 saturated heterocycles. The van der Waals surface area contributed by atoms with Crippen molar-refractivity contribution in [3.8, 4) is 0 Å². The molecule has 3 nitrogen and oxygen atoms in total. The van der Waals surface area contributed by atoms with Gasteiger partial charge in [0.15, 0.2) is 0 Å². The molecule has 0 bridgehead atoms. The van der Waals surface area contributed by atoms with Gasteiger partial charge in [0, 0.05) is 6.42 Å². The van der Waals surface area contributed by atoms with Crippen molar-refractivity contribution in [1.82, 2.24) is 0 Å². The molecule has 1 atom stereocenters. The predicted octanol–water partition coefficient (Wildman–Crippen LogP) is 2.84. The maximum Gasteiger partial charge on any atom is 0.327 e. The van der Waals surface area contributed by atoms with Crippen molar-refractivity contribution >= 4 is 5.97 Å². The van der Waals surface area contributed by atoms with Crippen LogP contribution in [0.15, 0.2) is 43.0 Å². The fourth-order valence-electron chi connectivity index (χ4n) is 1.83. The smallest absolute Gasteiger partial charge is 0.327 e. The third kappa shape index (κ3) is 4.87. The van der Waals surface area contributed by atoms with E-state index in [9.17, 15) is 4.79 Å². The molecule has 0 aromatic heterocycles. The molecule has 104 valence electrons. The van der Waals surface area contributed by atoms with Crippen molar-refractivity contribution in [1.29, 1.82) is 0 Å². The summed E-state index contributed by atoms with van der Waals surface area (Å²) < 4.78 is 5.42. The van der Waals surface area contributed by atoms with Crippen molar-refractivity contribution < 1.29 is 9.53 Å². The van der Waals surface area contributed by atoms with Crippen molar-refractivity contribution in [2.24, 2.45) is 5.73 Å². The van der Waals surface area contributed by atoms with Crippen LogP contribution in [-0.4, -0.2) is 17.1 Å². The van der Waals surface area contributed by atoms with Crippen LogP contribution in [0.4, 0.5) is 0 Å². The molecule has 0 saturated carbocycles. The molecule has 3 heteroatoms. The molecule has 0 unspecified atom stereocenters. The van der Waals surface area contributed by atoms with Gasteiger partial charge in [-0.2, -0.15) is 0 Å². The molecule has 0 heterocycles. The zero-order valence-electron chi connectivity index (χ0n) is 12.0. The minimum atomic E-state index is -1.06. The minimum Gasteiger partial charge on any atom is -0.459 e. The fraction of sp³-hybridized carbons (Fsp3) is 0.438. The van der Waals surface area contributed by atoms with Gasteiger partial charge in [0.05, 0.1) is 0 Å². The van der Waals surface area contributed by atoms with Gasteiger partial charge < -0.3 is 10.5 Å². The molecule has 2 N–H and O–H groups in total. The zero-order chi connectivity index (χ0) is 14.5. The Kier molecular flexibility index (Phi) is 4.90. The lowest BCUT2D eigenvalue weighted by molar-refractivity contribution is -0.161. The topological polar surface area (TPSA) is 52.3 Å². The van der Waals surface area contributed by atoms with Crippen molar-refractivity contribution in [2.45, 2.75) is 44.8 Å². The molecular weight excluding hydrogens is 238 g/mol. The van der Waals surface area contributed by atoms with E-state index in [1.165, 1.54) is 0 Å². The maximum atomic E-state index is 12.3. The third-order valence-electron chi connectivity index (χ3n) is 2.68. The van der Waals surface area contributed by atoms with E-state index in [1.54, 1.807) is 6.08 Å². The van der Waals surface area contributed by atoms with Crippen molar-refractivity contribution in [3.05, 3.63) is 48.6 Å². The molecule has 0 radical (unpaired) electrons. The summed E-state index contributed by atoms with van der Waals surface area (Å²) in [6.45, 7) is 9.18. The monoisotopic (exact) mass is 261 g/mol. The van der Waals surface area contributed by atoms with E-state index < -0.39 is 11.1 Å². The Morgan fingerprint density at radius 3 is 2.37 bits per heavy atom. The Labute approximate surface area is 115 Å². The van der Waals surface area contributed by atoms with Gasteiger partial charge in [0.2, 0.25) is 0 Å². The highest BCUT2D eigenvalue weighted by Gasteiger charge is 2.36. The SMILES string of the molecule is C=CC[C@](N)(Cc1ccccc1)C(=O)OC(C)(C)C. The first-order valence-corrected chi connectivity index (χ1v) is 6.44. The number of esters is 1. The second kappa shape index (κ2) is 6.02. The van der Waals surface area contributed by atoms with Crippen LogP contribution < -0.4 is 5.73 Å². The average molecular weight is 261 g/mol. The van der Waals surface area contributed by atoms with E-state index in [2.05, 4.69) is 6.58 Å². The summed E-state index contributed by atoms with van der Waals surface area (Å²) >= 11 is 0. The largest absolute Gasteiger partial charge is 0.459 e. The van der Waals surface area contributed by atoms with Crippen LogP contribution in [0.25, 0.3) is 0 Å². The van der Waals surface area contributed by atoms with Crippen LogP contribution in [0.3, 0.4) is 0 Å². The van der Waals surface area contributed by atoms with E-state index >= 15 is 0 Å². The lowest BCUT2D eigenvalue weighted by Crippen LogP contribution is -2.52. The summed E-state index contributed by atoms with van der Waals surface area (Å²) in [5.74, 6) is -0.385. The van der Waals surface area contributed by atoms with Crippen LogP contribution in [0.1, 0.15) is 32.8 Å². The number of benzene rings is 1. The number of carbonyl (C=O) groups is 1. The summed E-state index contributed by atoms with van der Waals surface area (Å²) in [7, 11) is 0. The molecule has 19 heavy (non-hydrogen) atoms. The molecule has 1 rings (SSSR count).